The van der Waals surface area contributed by atoms with E-state index in [4.69, 9.17) is 4.74 Å². The van der Waals surface area contributed by atoms with E-state index in [9.17, 15) is 9.18 Å². The minimum Gasteiger partial charge on any atom is -0.373 e. The zero-order chi connectivity index (χ0) is 21.1. The molecule has 1 saturated heterocycles. The topological polar surface area (TPSA) is 72.3 Å². The molecule has 2 aromatic rings. The van der Waals surface area contributed by atoms with Crippen LogP contribution in [0.5, 0.6) is 0 Å². The highest BCUT2D eigenvalue weighted by Crippen LogP contribution is 2.36. The monoisotopic (exact) mass is 415 g/mol. The number of carbonyl (C=O) groups is 1. The predicted octanol–water partition coefficient (Wildman–Crippen LogP) is 2.76. The van der Waals surface area contributed by atoms with E-state index >= 15 is 0 Å². The summed E-state index contributed by atoms with van der Waals surface area (Å²) in [6.07, 6.45) is 2.81. The molecule has 1 N–H and O–H groups in total. The van der Waals surface area contributed by atoms with Gasteiger partial charge in [0.1, 0.15) is 12.4 Å². The lowest BCUT2D eigenvalue weighted by Crippen LogP contribution is -2.44. The van der Waals surface area contributed by atoms with E-state index in [1.54, 1.807) is 0 Å². The summed E-state index contributed by atoms with van der Waals surface area (Å²) >= 11 is 0. The lowest BCUT2D eigenvalue weighted by molar-refractivity contribution is -0.00570. The average molecular weight is 416 g/mol. The Morgan fingerprint density at radius 2 is 2.00 bits per heavy atom. The minimum absolute atomic E-state index is 0.0294. The van der Waals surface area contributed by atoms with Crippen molar-refractivity contribution in [3.63, 3.8) is 0 Å². The van der Waals surface area contributed by atoms with Gasteiger partial charge in [-0.3, -0.25) is 9.69 Å². The van der Waals surface area contributed by atoms with Crippen LogP contribution < -0.4 is 5.32 Å². The molecule has 0 bridgehead atoms. The van der Waals surface area contributed by atoms with Gasteiger partial charge in [0.05, 0.1) is 6.61 Å². The third-order valence-electron chi connectivity index (χ3n) is 6.39. The second-order valence-electron chi connectivity index (χ2n) is 8.70. The molecule has 7 nitrogen and oxygen atoms in total. The van der Waals surface area contributed by atoms with Crippen molar-refractivity contribution >= 4 is 5.91 Å². The first-order valence-electron chi connectivity index (χ1n) is 10.8. The van der Waals surface area contributed by atoms with Crippen molar-refractivity contribution in [1.82, 2.24) is 25.0 Å². The Morgan fingerprint density at radius 3 is 2.70 bits per heavy atom. The van der Waals surface area contributed by atoms with E-state index in [1.165, 1.54) is 12.1 Å². The van der Waals surface area contributed by atoms with Gasteiger partial charge >= 0.3 is 0 Å². The predicted molar refractivity (Wildman–Crippen MR) is 110 cm³/mol. The van der Waals surface area contributed by atoms with Gasteiger partial charge < -0.3 is 14.6 Å². The number of piperidine rings is 1. The van der Waals surface area contributed by atoms with Gasteiger partial charge in [0, 0.05) is 24.5 Å². The number of nitrogens with zero attached hydrogens (tertiary/aromatic N) is 4. The largest absolute Gasteiger partial charge is 0.373 e. The van der Waals surface area contributed by atoms with Crippen molar-refractivity contribution in [2.75, 3.05) is 19.7 Å². The average Bonchev–Trinajstić information content (AvgIpc) is 3.05. The maximum Gasteiger partial charge on any atom is 0.289 e. The number of rotatable bonds is 5. The minimum atomic E-state index is -0.204. The third-order valence-corrected chi connectivity index (χ3v) is 6.39. The quantitative estimate of drug-likeness (QED) is 0.813. The lowest BCUT2D eigenvalue weighted by atomic mass is 9.78. The van der Waals surface area contributed by atoms with Crippen LogP contribution in [0.3, 0.4) is 0 Å². The first-order chi connectivity index (χ1) is 14.5. The molecule has 1 fully saturated rings. The number of hydrogen-bond donors (Lipinski definition) is 1. The van der Waals surface area contributed by atoms with Crippen LogP contribution in [0, 0.1) is 11.2 Å². The van der Waals surface area contributed by atoms with Gasteiger partial charge in [0.15, 0.2) is 5.82 Å². The van der Waals surface area contributed by atoms with E-state index < -0.39 is 0 Å². The number of amides is 1. The number of ether oxygens (including phenoxy) is 1. The van der Waals surface area contributed by atoms with E-state index in [0.29, 0.717) is 25.6 Å². The second kappa shape index (κ2) is 8.81. The fraction of sp³-hybridized carbons (Fsp3) is 0.591. The number of hydrogen-bond acceptors (Lipinski definition) is 5. The van der Waals surface area contributed by atoms with Gasteiger partial charge in [0.25, 0.3) is 5.91 Å². The van der Waals surface area contributed by atoms with Gasteiger partial charge in [0.2, 0.25) is 5.82 Å². The van der Waals surface area contributed by atoms with Gasteiger partial charge in [-0.25, -0.2) is 4.39 Å². The Morgan fingerprint density at radius 1 is 1.27 bits per heavy atom. The fourth-order valence-corrected chi connectivity index (χ4v) is 4.24. The van der Waals surface area contributed by atoms with Crippen LogP contribution >= 0.6 is 0 Å². The summed E-state index contributed by atoms with van der Waals surface area (Å²) < 4.78 is 21.1. The molecule has 2 aliphatic heterocycles. The van der Waals surface area contributed by atoms with Gasteiger partial charge in [-0.2, -0.15) is 0 Å². The van der Waals surface area contributed by atoms with Crippen LogP contribution in [0.2, 0.25) is 0 Å². The fourth-order valence-electron chi connectivity index (χ4n) is 4.24. The van der Waals surface area contributed by atoms with Gasteiger partial charge in [-0.15, -0.1) is 10.2 Å². The Hall–Kier alpha value is -2.32. The Bertz CT molecular complexity index is 874. The Balaban J connectivity index is 1.43. The molecule has 1 aromatic heterocycles. The molecule has 0 aliphatic carbocycles. The van der Waals surface area contributed by atoms with Crippen molar-refractivity contribution in [2.24, 2.45) is 5.41 Å². The molecule has 3 heterocycles. The molecule has 162 valence electrons. The van der Waals surface area contributed by atoms with Crippen molar-refractivity contribution < 1.29 is 13.9 Å². The van der Waals surface area contributed by atoms with Gasteiger partial charge in [-0.05, 0) is 57.0 Å². The van der Waals surface area contributed by atoms with Crippen molar-refractivity contribution in [3.8, 4) is 0 Å². The number of halogens is 1. The molecule has 1 atom stereocenters. The summed E-state index contributed by atoms with van der Waals surface area (Å²) in [5.41, 5.74) is 1.09. The first-order valence-corrected chi connectivity index (χ1v) is 10.8. The maximum absolute atomic E-state index is 13.1. The molecule has 8 heteroatoms. The normalized spacial score (nSPS) is 19.8. The highest BCUT2D eigenvalue weighted by molar-refractivity contribution is 5.90. The maximum atomic E-state index is 13.1. The molecule has 2 aliphatic rings. The zero-order valence-electron chi connectivity index (χ0n) is 17.7. The summed E-state index contributed by atoms with van der Waals surface area (Å²) in [5, 5.41) is 11.4. The van der Waals surface area contributed by atoms with E-state index in [0.717, 1.165) is 50.3 Å². The molecular weight excluding hydrogens is 385 g/mol. The van der Waals surface area contributed by atoms with Crippen molar-refractivity contribution in [1.29, 1.82) is 0 Å². The summed E-state index contributed by atoms with van der Waals surface area (Å²) in [4.78, 5) is 15.1. The van der Waals surface area contributed by atoms with Crippen LogP contribution in [0.1, 0.15) is 55.1 Å². The second-order valence-corrected chi connectivity index (χ2v) is 8.70. The molecule has 1 amide bonds. The Kier molecular flexibility index (Phi) is 6.15. The van der Waals surface area contributed by atoms with E-state index in [2.05, 4.69) is 20.4 Å². The third kappa shape index (κ3) is 4.54. The van der Waals surface area contributed by atoms with E-state index in [-0.39, 0.29) is 23.2 Å². The van der Waals surface area contributed by atoms with Crippen LogP contribution in [-0.2, 0) is 24.4 Å². The van der Waals surface area contributed by atoms with Crippen molar-refractivity contribution in [2.45, 2.75) is 58.8 Å². The van der Waals surface area contributed by atoms with Crippen LogP contribution in [0.15, 0.2) is 24.3 Å². The van der Waals surface area contributed by atoms with Crippen LogP contribution in [0.25, 0.3) is 0 Å². The molecule has 0 unspecified atom stereocenters. The lowest BCUT2D eigenvalue weighted by Gasteiger charge is -2.41. The number of carbonyl (C=O) groups excluding carboxylic acids is 1. The molecule has 0 saturated carbocycles. The van der Waals surface area contributed by atoms with E-state index in [1.807, 2.05) is 30.5 Å². The highest BCUT2D eigenvalue weighted by Gasteiger charge is 2.39. The first kappa shape index (κ1) is 20.9. The van der Waals surface area contributed by atoms with Crippen molar-refractivity contribution in [3.05, 3.63) is 47.3 Å². The zero-order valence-corrected chi connectivity index (χ0v) is 17.7. The number of fused-ring (bicyclic) bond motifs is 1. The summed E-state index contributed by atoms with van der Waals surface area (Å²) in [7, 11) is 0. The standard InChI is InChI=1S/C22H30FN5O2/c1-3-16(2)24-21(29)20-26-25-19-13-30-15-22(14-28(19)20)8-10-27(11-9-22)12-17-4-6-18(23)7-5-17/h4-7,16H,3,8-15H2,1-2H3,(H,24,29)/t16-/m1/s1. The molecule has 4 rings (SSSR count). The van der Waals surface area contributed by atoms with Crippen LogP contribution in [-0.4, -0.2) is 51.3 Å². The highest BCUT2D eigenvalue weighted by atomic mass is 19.1. The smallest absolute Gasteiger partial charge is 0.289 e. The molecular formula is C22H30FN5O2. The number of benzene rings is 1. The van der Waals surface area contributed by atoms with Crippen LogP contribution in [0.4, 0.5) is 4.39 Å². The summed E-state index contributed by atoms with van der Waals surface area (Å²) in [6, 6.07) is 6.81. The molecule has 30 heavy (non-hydrogen) atoms. The SMILES string of the molecule is CC[C@@H](C)NC(=O)c1nnc2n1CC1(CCN(Cc3ccc(F)cc3)CC1)COC2. The molecule has 1 spiro atoms. The summed E-state index contributed by atoms with van der Waals surface area (Å²) in [5.74, 6) is 0.720. The van der Waals surface area contributed by atoms with Gasteiger partial charge in [-0.1, -0.05) is 19.1 Å². The number of nitrogens with one attached hydrogen (secondary N) is 1. The Labute approximate surface area is 176 Å². The molecule has 0 radical (unpaired) electrons. The summed E-state index contributed by atoms with van der Waals surface area (Å²) in [6.45, 7) is 8.45. The molecule has 1 aromatic carbocycles. The number of likely N-dealkylation sites (tertiary alicyclic amines) is 1. The number of aromatic nitrogens is 3.